The van der Waals surface area contributed by atoms with Crippen molar-refractivity contribution in [1.29, 1.82) is 0 Å². The molecule has 134 valence electrons. The summed E-state index contributed by atoms with van der Waals surface area (Å²) in [5, 5.41) is 5.16. The highest BCUT2D eigenvalue weighted by molar-refractivity contribution is 7.19. The van der Waals surface area contributed by atoms with Crippen LogP contribution in [0.3, 0.4) is 0 Å². The molecule has 2 aliphatic rings. The Balaban J connectivity index is 1.74. The summed E-state index contributed by atoms with van der Waals surface area (Å²) in [5.41, 5.74) is 2.03. The Kier molecular flexibility index (Phi) is 5.20. The number of anilines is 1. The van der Waals surface area contributed by atoms with Crippen LogP contribution < -0.4 is 10.2 Å². The van der Waals surface area contributed by atoms with Gasteiger partial charge >= 0.3 is 0 Å². The van der Waals surface area contributed by atoms with Gasteiger partial charge in [0.15, 0.2) is 5.13 Å². The number of thiazole rings is 1. The Morgan fingerprint density at radius 3 is 2.44 bits per heavy atom. The predicted molar refractivity (Wildman–Crippen MR) is 104 cm³/mol. The topological polar surface area (TPSA) is 37.4 Å². The SMILES string of the molecule is Clc1ccc(C2(c3nc(N4CCNCC4)sc3Cl)CCOCC2)cc1. The maximum atomic E-state index is 6.72. The van der Waals surface area contributed by atoms with E-state index >= 15 is 0 Å². The van der Waals surface area contributed by atoms with E-state index in [4.69, 9.17) is 32.9 Å². The maximum absolute atomic E-state index is 6.72. The molecular weight excluding hydrogens is 377 g/mol. The monoisotopic (exact) mass is 397 g/mol. The van der Waals surface area contributed by atoms with Crippen molar-refractivity contribution >= 4 is 39.7 Å². The summed E-state index contributed by atoms with van der Waals surface area (Å²) in [6, 6.07) is 8.11. The number of piperazine rings is 1. The summed E-state index contributed by atoms with van der Waals surface area (Å²) in [6.07, 6.45) is 1.78. The van der Waals surface area contributed by atoms with E-state index in [0.717, 1.165) is 72.4 Å². The summed E-state index contributed by atoms with van der Waals surface area (Å²) in [4.78, 5) is 7.35. The van der Waals surface area contributed by atoms with Crippen LogP contribution in [0.25, 0.3) is 0 Å². The molecule has 0 amide bonds. The van der Waals surface area contributed by atoms with Gasteiger partial charge in [0, 0.05) is 49.8 Å². The standard InChI is InChI=1S/C18H21Cl2N3OS/c19-14-3-1-13(2-4-14)18(5-11-24-12-6-18)15-16(20)25-17(22-15)23-9-7-21-8-10-23/h1-4,21H,5-12H2. The van der Waals surface area contributed by atoms with E-state index in [0.29, 0.717) is 0 Å². The van der Waals surface area contributed by atoms with Crippen LogP contribution in [0.5, 0.6) is 0 Å². The molecule has 0 saturated carbocycles. The fourth-order valence-electron chi connectivity index (χ4n) is 3.73. The molecule has 0 spiro atoms. The third-order valence-electron chi connectivity index (χ3n) is 5.16. The Labute approximate surface area is 162 Å². The number of rotatable bonds is 3. The number of benzene rings is 1. The first-order chi connectivity index (χ1) is 12.2. The quantitative estimate of drug-likeness (QED) is 0.850. The van der Waals surface area contributed by atoms with Crippen LogP contribution in [0.1, 0.15) is 24.1 Å². The molecule has 0 atom stereocenters. The third-order valence-corrected chi connectivity index (χ3v) is 6.73. The van der Waals surface area contributed by atoms with Crippen LogP contribution in [0.2, 0.25) is 9.36 Å². The van der Waals surface area contributed by atoms with Crippen LogP contribution in [0.4, 0.5) is 5.13 Å². The van der Waals surface area contributed by atoms with E-state index in [1.807, 2.05) is 12.1 Å². The van der Waals surface area contributed by atoms with Crippen molar-refractivity contribution in [3.8, 4) is 0 Å². The first kappa shape index (κ1) is 17.6. The molecule has 1 aromatic carbocycles. The molecule has 2 fully saturated rings. The first-order valence-corrected chi connectivity index (χ1v) is 10.2. The van der Waals surface area contributed by atoms with Crippen molar-refractivity contribution in [2.45, 2.75) is 18.3 Å². The molecule has 0 unspecified atom stereocenters. The maximum Gasteiger partial charge on any atom is 0.187 e. The fraction of sp³-hybridized carbons (Fsp3) is 0.500. The van der Waals surface area contributed by atoms with E-state index in [9.17, 15) is 0 Å². The van der Waals surface area contributed by atoms with Crippen LogP contribution in [-0.4, -0.2) is 44.4 Å². The van der Waals surface area contributed by atoms with Crippen LogP contribution in [0.15, 0.2) is 24.3 Å². The van der Waals surface area contributed by atoms with E-state index in [1.54, 1.807) is 11.3 Å². The molecular formula is C18H21Cl2N3OS. The van der Waals surface area contributed by atoms with Gasteiger partial charge in [0.05, 0.1) is 5.69 Å². The molecule has 4 nitrogen and oxygen atoms in total. The summed E-state index contributed by atoms with van der Waals surface area (Å²) >= 11 is 14.4. The van der Waals surface area contributed by atoms with Gasteiger partial charge in [-0.1, -0.05) is 46.7 Å². The van der Waals surface area contributed by atoms with Gasteiger partial charge in [-0.15, -0.1) is 0 Å². The van der Waals surface area contributed by atoms with Crippen molar-refractivity contribution in [3.63, 3.8) is 0 Å². The molecule has 4 rings (SSSR count). The summed E-state index contributed by atoms with van der Waals surface area (Å²) in [5.74, 6) is 0. The van der Waals surface area contributed by atoms with Gasteiger partial charge in [-0.3, -0.25) is 0 Å². The van der Waals surface area contributed by atoms with Crippen molar-refractivity contribution in [1.82, 2.24) is 10.3 Å². The smallest absolute Gasteiger partial charge is 0.187 e. The first-order valence-electron chi connectivity index (χ1n) is 8.65. The van der Waals surface area contributed by atoms with E-state index < -0.39 is 0 Å². The van der Waals surface area contributed by atoms with Crippen molar-refractivity contribution in [3.05, 3.63) is 44.9 Å². The molecule has 0 radical (unpaired) electrons. The number of nitrogens with zero attached hydrogens (tertiary/aromatic N) is 2. The second-order valence-electron chi connectivity index (χ2n) is 6.56. The molecule has 2 saturated heterocycles. The Bertz CT molecular complexity index is 722. The highest BCUT2D eigenvalue weighted by Gasteiger charge is 2.40. The lowest BCUT2D eigenvalue weighted by Crippen LogP contribution is -2.43. The van der Waals surface area contributed by atoms with Gasteiger partial charge in [0.1, 0.15) is 4.34 Å². The molecule has 25 heavy (non-hydrogen) atoms. The minimum absolute atomic E-state index is 0.192. The summed E-state index contributed by atoms with van der Waals surface area (Å²) in [6.45, 7) is 5.37. The van der Waals surface area contributed by atoms with Gasteiger partial charge in [0.25, 0.3) is 0 Å². The van der Waals surface area contributed by atoms with Crippen molar-refractivity contribution in [2.24, 2.45) is 0 Å². The number of hydrogen-bond acceptors (Lipinski definition) is 5. The Morgan fingerprint density at radius 1 is 1.08 bits per heavy atom. The number of hydrogen-bond donors (Lipinski definition) is 1. The predicted octanol–water partition coefficient (Wildman–Crippen LogP) is 3.96. The van der Waals surface area contributed by atoms with Gasteiger partial charge in [-0.05, 0) is 30.5 Å². The second-order valence-corrected chi connectivity index (χ2v) is 8.57. The van der Waals surface area contributed by atoms with Gasteiger partial charge in [0.2, 0.25) is 0 Å². The van der Waals surface area contributed by atoms with E-state index in [1.165, 1.54) is 5.56 Å². The molecule has 2 aliphatic heterocycles. The highest BCUT2D eigenvalue weighted by atomic mass is 35.5. The third kappa shape index (κ3) is 3.40. The number of nitrogens with one attached hydrogen (secondary N) is 1. The Hall–Kier alpha value is -0.850. The van der Waals surface area contributed by atoms with E-state index in [2.05, 4.69) is 22.3 Å². The molecule has 1 N–H and O–H groups in total. The van der Waals surface area contributed by atoms with Gasteiger partial charge in [-0.25, -0.2) is 4.98 Å². The number of ether oxygens (including phenoxy) is 1. The molecule has 3 heterocycles. The number of halogens is 2. The molecule has 1 aromatic heterocycles. The zero-order valence-electron chi connectivity index (χ0n) is 13.9. The van der Waals surface area contributed by atoms with Crippen molar-refractivity contribution < 1.29 is 4.74 Å². The largest absolute Gasteiger partial charge is 0.381 e. The molecule has 2 aromatic rings. The molecule has 7 heteroatoms. The van der Waals surface area contributed by atoms with Crippen LogP contribution >= 0.6 is 34.5 Å². The average molecular weight is 398 g/mol. The highest BCUT2D eigenvalue weighted by Crippen LogP contribution is 2.47. The minimum Gasteiger partial charge on any atom is -0.381 e. The zero-order valence-corrected chi connectivity index (χ0v) is 16.3. The van der Waals surface area contributed by atoms with Crippen LogP contribution in [-0.2, 0) is 10.2 Å². The average Bonchev–Trinajstić information content (AvgIpc) is 3.06. The second kappa shape index (κ2) is 7.41. The lowest BCUT2D eigenvalue weighted by Gasteiger charge is -2.37. The number of aromatic nitrogens is 1. The Morgan fingerprint density at radius 2 is 1.76 bits per heavy atom. The molecule has 0 aliphatic carbocycles. The van der Waals surface area contributed by atoms with Crippen molar-refractivity contribution in [2.75, 3.05) is 44.3 Å². The minimum atomic E-state index is -0.192. The van der Waals surface area contributed by atoms with Gasteiger partial charge < -0.3 is 15.0 Å². The van der Waals surface area contributed by atoms with Crippen LogP contribution in [0, 0.1) is 0 Å². The zero-order chi connectivity index (χ0) is 17.3. The lowest BCUT2D eigenvalue weighted by molar-refractivity contribution is 0.0621. The summed E-state index contributed by atoms with van der Waals surface area (Å²) < 4.78 is 6.44. The lowest BCUT2D eigenvalue weighted by atomic mass is 9.72. The van der Waals surface area contributed by atoms with Gasteiger partial charge in [-0.2, -0.15) is 0 Å². The fourth-order valence-corrected chi connectivity index (χ4v) is 5.23. The normalized spacial score (nSPS) is 20.6. The summed E-state index contributed by atoms with van der Waals surface area (Å²) in [7, 11) is 0. The van der Waals surface area contributed by atoms with E-state index in [-0.39, 0.29) is 5.41 Å². The molecule has 0 bridgehead atoms.